The number of halogens is 2. The molecule has 0 radical (unpaired) electrons. The predicted octanol–water partition coefficient (Wildman–Crippen LogP) is 3.44. The number of rotatable bonds is 8. The average Bonchev–Trinajstić information content (AvgIpc) is 3.19. The minimum atomic E-state index is -0.901. The maximum absolute atomic E-state index is 14.6. The normalized spacial score (nSPS) is 17.9. The number of fused-ring (bicyclic) bond motifs is 1. The number of carbonyl (C=O) groups is 2. The molecular weight excluding hydrogens is 566 g/mol. The third-order valence-corrected chi connectivity index (χ3v) is 6.47. The lowest BCUT2D eigenvalue weighted by atomic mass is 10.0. The molecule has 1 N–H and O–H groups in total. The van der Waals surface area contributed by atoms with Crippen LogP contribution in [0.5, 0.6) is 17.2 Å². The molecule has 2 aromatic carbocycles. The number of ether oxygens (including phenoxy) is 4. The van der Waals surface area contributed by atoms with E-state index in [9.17, 15) is 18.4 Å². The van der Waals surface area contributed by atoms with Crippen LogP contribution in [0.15, 0.2) is 42.7 Å². The predicted molar refractivity (Wildman–Crippen MR) is 150 cm³/mol. The molecule has 40 heavy (non-hydrogen) atoms. The van der Waals surface area contributed by atoms with E-state index in [0.29, 0.717) is 24.2 Å². The lowest BCUT2D eigenvalue weighted by molar-refractivity contribution is 0.0233. The van der Waals surface area contributed by atoms with Gasteiger partial charge in [0.25, 0.3) is 11.8 Å². The molecule has 2 atom stereocenters. The Labute approximate surface area is 242 Å². The summed E-state index contributed by atoms with van der Waals surface area (Å²) in [5, 5.41) is 3.12. The maximum atomic E-state index is 14.6. The van der Waals surface area contributed by atoms with Gasteiger partial charge in [-0.15, -0.1) is 0 Å². The second kappa shape index (κ2) is 13.2. The van der Waals surface area contributed by atoms with Gasteiger partial charge in [0.15, 0.2) is 28.9 Å². The lowest BCUT2D eigenvalue weighted by Crippen LogP contribution is -2.54. The first-order valence-electron chi connectivity index (χ1n) is 11.8. The highest BCUT2D eigenvalue weighted by atomic mass is 32.1. The molecule has 2 amide bonds. The number of imide groups is 1. The van der Waals surface area contributed by atoms with Crippen LogP contribution in [0.3, 0.4) is 0 Å². The van der Waals surface area contributed by atoms with Gasteiger partial charge in [-0.25, -0.2) is 18.7 Å². The van der Waals surface area contributed by atoms with E-state index < -0.39 is 30.3 Å². The molecule has 3 heterocycles. The Kier molecular flexibility index (Phi) is 10.2. The number of amides is 2. The number of aromatic nitrogens is 2. The Morgan fingerprint density at radius 2 is 1.57 bits per heavy atom. The molecule has 0 unspecified atom stereocenters. The summed E-state index contributed by atoms with van der Waals surface area (Å²) >= 11 is 0. The first kappa shape index (κ1) is 30.9. The number of hydrogen-bond acceptors (Lipinski definition) is 9. The number of benzene rings is 2. The monoisotopic (exact) mass is 594 g/mol. The van der Waals surface area contributed by atoms with Gasteiger partial charge in [0.05, 0.1) is 62.0 Å². The van der Waals surface area contributed by atoms with E-state index >= 15 is 0 Å². The highest BCUT2D eigenvalue weighted by Crippen LogP contribution is 2.32. The third kappa shape index (κ3) is 5.78. The van der Waals surface area contributed by atoms with E-state index in [1.807, 2.05) is 0 Å². The summed E-state index contributed by atoms with van der Waals surface area (Å²) < 4.78 is 50.1. The quantitative estimate of drug-likeness (QED) is 0.392. The second-order valence-corrected chi connectivity index (χ2v) is 8.63. The van der Waals surface area contributed by atoms with E-state index in [4.69, 9.17) is 18.9 Å². The van der Waals surface area contributed by atoms with Gasteiger partial charge in [0.1, 0.15) is 6.61 Å². The van der Waals surface area contributed by atoms with Crippen molar-refractivity contribution in [3.05, 3.63) is 71.1 Å². The molecule has 2 aliphatic heterocycles. The van der Waals surface area contributed by atoms with Gasteiger partial charge in [-0.3, -0.25) is 14.5 Å². The number of hydrogen-bond donors (Lipinski definition) is 1. The Hall–Kier alpha value is -3.62. The molecule has 1 saturated heterocycles. The van der Waals surface area contributed by atoms with Crippen molar-refractivity contribution in [2.75, 3.05) is 32.8 Å². The minimum absolute atomic E-state index is 0. The minimum Gasteiger partial charge on any atom is -0.494 e. The smallest absolute Gasteiger partial charge is 0.261 e. The number of methoxy groups -OCH3 is 2. The Morgan fingerprint density at radius 3 is 2.12 bits per heavy atom. The molecule has 214 valence electrons. The summed E-state index contributed by atoms with van der Waals surface area (Å²) in [7, 11) is 2.52. The molecule has 5 rings (SSSR count). The van der Waals surface area contributed by atoms with Crippen LogP contribution in [-0.4, -0.2) is 66.2 Å². The third-order valence-electron chi connectivity index (χ3n) is 6.47. The van der Waals surface area contributed by atoms with E-state index in [-0.39, 0.29) is 74.2 Å². The summed E-state index contributed by atoms with van der Waals surface area (Å²) in [4.78, 5) is 35.7. The highest BCUT2D eigenvalue weighted by Gasteiger charge is 2.44. The van der Waals surface area contributed by atoms with Gasteiger partial charge in [-0.1, -0.05) is 12.1 Å². The zero-order valence-corrected chi connectivity index (χ0v) is 23.6. The van der Waals surface area contributed by atoms with Crippen LogP contribution in [0, 0.1) is 11.6 Å². The van der Waals surface area contributed by atoms with E-state index in [1.54, 1.807) is 24.3 Å². The van der Waals surface area contributed by atoms with Crippen molar-refractivity contribution in [1.29, 1.82) is 0 Å². The maximum Gasteiger partial charge on any atom is 0.261 e. The van der Waals surface area contributed by atoms with E-state index in [1.165, 1.54) is 31.5 Å². The molecular formula is C26H28F2N4O6S2. The van der Waals surface area contributed by atoms with Crippen molar-refractivity contribution in [2.24, 2.45) is 0 Å². The zero-order valence-electron chi connectivity index (χ0n) is 21.6. The summed E-state index contributed by atoms with van der Waals surface area (Å²) in [6.07, 6.45) is 3.12. The second-order valence-electron chi connectivity index (χ2n) is 8.63. The fraction of sp³-hybridized carbons (Fsp3) is 0.308. The number of nitrogens with zero attached hydrogens (tertiary/aromatic N) is 3. The Bertz CT molecular complexity index is 1320. The number of nitrogens with one attached hydrogen (secondary N) is 1. The van der Waals surface area contributed by atoms with Gasteiger partial charge >= 0.3 is 0 Å². The summed E-state index contributed by atoms with van der Waals surface area (Å²) in [5.41, 5.74) is 0.385. The zero-order chi connectivity index (χ0) is 26.8. The van der Waals surface area contributed by atoms with Crippen LogP contribution in [0.2, 0.25) is 0 Å². The first-order valence-corrected chi connectivity index (χ1v) is 11.8. The first-order chi connectivity index (χ1) is 18.4. The average molecular weight is 595 g/mol. The molecule has 10 nitrogen and oxygen atoms in total. The summed E-state index contributed by atoms with van der Waals surface area (Å²) in [6, 6.07) is 6.91. The molecule has 0 bridgehead atoms. The molecule has 0 saturated carbocycles. The van der Waals surface area contributed by atoms with Gasteiger partial charge in [0.2, 0.25) is 5.95 Å². The van der Waals surface area contributed by atoms with Crippen LogP contribution in [0.4, 0.5) is 14.7 Å². The summed E-state index contributed by atoms with van der Waals surface area (Å²) in [6.45, 7) is 0.168. The van der Waals surface area contributed by atoms with Gasteiger partial charge in [-0.05, 0) is 18.6 Å². The van der Waals surface area contributed by atoms with E-state index in [2.05, 4.69) is 15.3 Å². The molecule has 3 aromatic rings. The van der Waals surface area contributed by atoms with Crippen molar-refractivity contribution in [2.45, 2.75) is 25.1 Å². The van der Waals surface area contributed by atoms with Gasteiger partial charge in [-0.2, -0.15) is 27.0 Å². The van der Waals surface area contributed by atoms with Crippen molar-refractivity contribution >= 4 is 44.8 Å². The highest BCUT2D eigenvalue weighted by molar-refractivity contribution is 7.59. The molecule has 14 heteroatoms. The Morgan fingerprint density at radius 1 is 1.00 bits per heavy atom. The standard InChI is InChI=1S/C26H24F2N4O6.2H2S/c1-35-20-9-21(36-2)23(28)17(22(20)27)12-38-14-10-29-26(30-11-14)31-18-13-37-8-7-19(18)32-24(33)15-5-3-4-6-16(15)25(32)34;;/h3-6,9-11,18-19H,7-8,12-13H2,1-2H3,(H,29,30,31);2*1H2/t18-,19+;;/m1../s1. The fourth-order valence-corrected chi connectivity index (χ4v) is 4.53. The Balaban J connectivity index is 0.00000220. The van der Waals surface area contributed by atoms with Crippen LogP contribution in [0.25, 0.3) is 0 Å². The number of anilines is 1. The van der Waals surface area contributed by atoms with Crippen molar-refractivity contribution in [1.82, 2.24) is 14.9 Å². The lowest BCUT2D eigenvalue weighted by Gasteiger charge is -2.36. The van der Waals surface area contributed by atoms with Crippen LogP contribution < -0.4 is 19.5 Å². The van der Waals surface area contributed by atoms with Crippen molar-refractivity contribution in [3.63, 3.8) is 0 Å². The molecule has 0 aliphatic carbocycles. The van der Waals surface area contributed by atoms with Crippen LogP contribution in [0.1, 0.15) is 32.7 Å². The molecule has 1 fully saturated rings. The van der Waals surface area contributed by atoms with Crippen LogP contribution >= 0.6 is 27.0 Å². The van der Waals surface area contributed by atoms with Crippen molar-refractivity contribution in [3.8, 4) is 17.2 Å². The topological polar surface area (TPSA) is 112 Å². The molecule has 2 aliphatic rings. The van der Waals surface area contributed by atoms with Gasteiger partial charge < -0.3 is 24.3 Å². The number of carbonyl (C=O) groups excluding carboxylic acids is 2. The molecule has 1 aromatic heterocycles. The summed E-state index contributed by atoms with van der Waals surface area (Å²) in [5.74, 6) is -2.49. The van der Waals surface area contributed by atoms with Crippen LogP contribution in [-0.2, 0) is 11.3 Å². The SMILES string of the molecule is COc1cc(OC)c(F)c(COc2cnc(N[C@@H]3COCC[C@@H]3N3C(=O)c4ccccc4C3=O)nc2)c1F.S.S. The fourth-order valence-electron chi connectivity index (χ4n) is 4.53. The van der Waals surface area contributed by atoms with Crippen molar-refractivity contribution < 1.29 is 37.3 Å². The van der Waals surface area contributed by atoms with Gasteiger partial charge in [0, 0.05) is 12.7 Å². The molecule has 0 spiro atoms. The van der Waals surface area contributed by atoms with E-state index in [0.717, 1.165) is 6.07 Å². The largest absolute Gasteiger partial charge is 0.494 e.